The fraction of sp³-hybridized carbons (Fsp3) is 0.300. The minimum atomic E-state index is -7.69. The predicted octanol–water partition coefficient (Wildman–Crippen LogP) is 8.13. The van der Waals surface area contributed by atoms with Crippen molar-refractivity contribution in [2.75, 3.05) is 0 Å². The van der Waals surface area contributed by atoms with Gasteiger partial charge in [0.05, 0.1) is 0 Å². The van der Waals surface area contributed by atoms with Crippen LogP contribution in [0.25, 0.3) is 5.57 Å². The van der Waals surface area contributed by atoms with Crippen LogP contribution in [-0.2, 0) is 0 Å². The van der Waals surface area contributed by atoms with E-state index in [4.69, 9.17) is 0 Å². The number of alkyl halides is 13. The molecule has 33 heavy (non-hydrogen) atoms. The van der Waals surface area contributed by atoms with Gasteiger partial charge in [-0.15, -0.1) is 0 Å². The van der Waals surface area contributed by atoms with Gasteiger partial charge in [0, 0.05) is 0 Å². The zero-order chi connectivity index (χ0) is 25.5. The smallest absolute Gasteiger partial charge is 0.195 e. The van der Waals surface area contributed by atoms with Crippen molar-refractivity contribution >= 4 is 17.2 Å². The van der Waals surface area contributed by atoms with Crippen LogP contribution in [0, 0.1) is 0 Å². The summed E-state index contributed by atoms with van der Waals surface area (Å²) in [6.45, 7) is 0. The summed E-state index contributed by atoms with van der Waals surface area (Å²) in [5.74, 6) is -36.2. The molecule has 0 saturated heterocycles. The summed E-state index contributed by atoms with van der Waals surface area (Å²) in [7, 11) is 0. The molecule has 0 aliphatic rings. The van der Waals surface area contributed by atoms with E-state index in [0.717, 1.165) is 24.3 Å². The molecule has 2 aromatic carbocycles. The topological polar surface area (TPSA) is 0 Å². The van der Waals surface area contributed by atoms with E-state index < -0.39 is 46.6 Å². The van der Waals surface area contributed by atoms with E-state index >= 15 is 0 Å². The molecule has 13 heteroatoms. The van der Waals surface area contributed by atoms with Crippen LogP contribution in [0.5, 0.6) is 0 Å². The maximum Gasteiger partial charge on any atom is 0.393 e. The second kappa shape index (κ2) is 8.44. The molecule has 0 spiro atoms. The van der Waals surface area contributed by atoms with Crippen molar-refractivity contribution in [1.29, 1.82) is 0 Å². The van der Waals surface area contributed by atoms with Crippen LogP contribution in [-0.4, -0.2) is 35.0 Å². The van der Waals surface area contributed by atoms with Gasteiger partial charge in [-0.2, -0.15) is 52.7 Å². The molecule has 0 saturated carbocycles. The molecule has 182 valence electrons. The lowest BCUT2D eigenvalue weighted by Crippen LogP contribution is -2.69. The van der Waals surface area contributed by atoms with E-state index in [9.17, 15) is 52.7 Å². The molecule has 2 rings (SSSR count). The molecular weight excluding hydrogens is 504 g/mol. The molecule has 0 heterocycles. The van der Waals surface area contributed by atoms with Crippen LogP contribution >= 0.6 is 11.6 Å². The third-order valence-electron chi connectivity index (χ3n) is 4.45. The van der Waals surface area contributed by atoms with Crippen molar-refractivity contribution in [2.45, 2.75) is 35.0 Å². The summed E-state index contributed by atoms with van der Waals surface area (Å²) in [5.41, 5.74) is -1.37. The summed E-state index contributed by atoms with van der Waals surface area (Å²) in [6, 6.07) is 12.1. The van der Waals surface area contributed by atoms with Crippen LogP contribution in [0.15, 0.2) is 66.7 Å². The Morgan fingerprint density at radius 2 is 0.848 bits per heavy atom. The van der Waals surface area contributed by atoms with Crippen molar-refractivity contribution in [3.05, 3.63) is 77.9 Å². The zero-order valence-electron chi connectivity index (χ0n) is 15.8. The predicted molar refractivity (Wildman–Crippen MR) is 95.5 cm³/mol. The van der Waals surface area contributed by atoms with Crippen LogP contribution in [0.4, 0.5) is 52.7 Å². The lowest BCUT2D eigenvalue weighted by Gasteiger charge is -2.39. The summed E-state index contributed by atoms with van der Waals surface area (Å²) in [4.78, 5) is 0. The Hall–Kier alpha value is -2.37. The Kier molecular flexibility index (Phi) is 6.88. The van der Waals surface area contributed by atoms with Gasteiger partial charge in [-0.3, -0.25) is 0 Å². The number of hydrogen-bond donors (Lipinski definition) is 0. The number of halogens is 13. The van der Waals surface area contributed by atoms with E-state index in [1.54, 1.807) is 0 Å². The summed E-state index contributed by atoms with van der Waals surface area (Å²) in [6.07, 6.45) is -0.821. The van der Waals surface area contributed by atoms with Gasteiger partial charge in [0.15, 0.2) is 0 Å². The first-order valence-electron chi connectivity index (χ1n) is 8.61. The van der Waals surface area contributed by atoms with Crippen LogP contribution in [0.3, 0.4) is 0 Å². The minimum Gasteiger partial charge on any atom is -0.195 e. The second-order valence-corrected chi connectivity index (χ2v) is 7.18. The van der Waals surface area contributed by atoms with E-state index in [2.05, 4.69) is 11.6 Å². The number of allylic oxidation sites excluding steroid dienone is 1. The number of hydrogen-bond acceptors (Lipinski definition) is 0. The van der Waals surface area contributed by atoms with Gasteiger partial charge < -0.3 is 0 Å². The minimum absolute atomic E-state index is 0.258. The first-order chi connectivity index (χ1) is 14.8. The Morgan fingerprint density at radius 3 is 1.18 bits per heavy atom. The Balaban J connectivity index is 2.70. The monoisotopic (exact) mass is 514 g/mol. The van der Waals surface area contributed by atoms with E-state index in [1.165, 1.54) is 36.4 Å². The molecule has 2 aromatic rings. The van der Waals surface area contributed by atoms with E-state index in [0.29, 0.717) is 0 Å². The van der Waals surface area contributed by atoms with Crippen molar-refractivity contribution in [3.8, 4) is 0 Å². The molecule has 0 N–H and O–H groups in total. The standard InChI is InChI=1S/C20H11ClF12/c21-20(32,33)19(30,31)18(28,29)17(26,27)16(24,25)15(22,23)11-14(12-7-3-1-4-8-12)13-9-5-2-6-10-13/h1-11H. The van der Waals surface area contributed by atoms with Crippen molar-refractivity contribution in [3.63, 3.8) is 0 Å². The summed E-state index contributed by atoms with van der Waals surface area (Å²) in [5, 5.41) is -6.47. The van der Waals surface area contributed by atoms with Gasteiger partial charge in [0.25, 0.3) is 0 Å². The van der Waals surface area contributed by atoms with Crippen LogP contribution in [0.1, 0.15) is 11.1 Å². The van der Waals surface area contributed by atoms with E-state index in [-0.39, 0.29) is 11.1 Å². The maximum absolute atomic E-state index is 14.4. The molecule has 0 amide bonds. The Morgan fingerprint density at radius 1 is 0.515 bits per heavy atom. The fourth-order valence-corrected chi connectivity index (χ4v) is 2.74. The summed E-state index contributed by atoms with van der Waals surface area (Å²) < 4.78 is 164. The highest BCUT2D eigenvalue weighted by Crippen LogP contribution is 2.61. The van der Waals surface area contributed by atoms with Crippen LogP contribution in [0.2, 0.25) is 0 Å². The lowest BCUT2D eigenvalue weighted by molar-refractivity contribution is -0.411. The molecule has 0 nitrogen and oxygen atoms in total. The Labute approximate surface area is 183 Å². The van der Waals surface area contributed by atoms with Gasteiger partial charge in [0.1, 0.15) is 0 Å². The van der Waals surface area contributed by atoms with Gasteiger partial charge in [-0.05, 0) is 34.4 Å². The molecule has 0 radical (unpaired) electrons. The van der Waals surface area contributed by atoms with Gasteiger partial charge in [-0.1, -0.05) is 60.7 Å². The maximum atomic E-state index is 14.4. The van der Waals surface area contributed by atoms with Gasteiger partial charge >= 0.3 is 35.0 Å². The summed E-state index contributed by atoms with van der Waals surface area (Å²) >= 11 is 3.68. The SMILES string of the molecule is FC(F)(Cl)C(F)(F)C(F)(F)C(F)(F)C(F)(F)C(F)(F)C=C(c1ccccc1)c1ccccc1. The molecule has 0 fully saturated rings. The third-order valence-corrected chi connectivity index (χ3v) is 4.69. The van der Waals surface area contributed by atoms with E-state index in [1.807, 2.05) is 0 Å². The molecule has 0 bridgehead atoms. The lowest BCUT2D eigenvalue weighted by atomic mass is 9.90. The highest BCUT2D eigenvalue weighted by molar-refractivity contribution is 6.22. The first-order valence-corrected chi connectivity index (χ1v) is 8.98. The first kappa shape index (κ1) is 26.9. The number of rotatable bonds is 8. The second-order valence-electron chi connectivity index (χ2n) is 6.71. The normalized spacial score (nSPS) is 14.2. The van der Waals surface area contributed by atoms with Crippen molar-refractivity contribution in [2.24, 2.45) is 0 Å². The van der Waals surface area contributed by atoms with Gasteiger partial charge in [0.2, 0.25) is 0 Å². The van der Waals surface area contributed by atoms with Crippen molar-refractivity contribution in [1.82, 2.24) is 0 Å². The molecular formula is C20H11ClF12. The van der Waals surface area contributed by atoms with Crippen LogP contribution < -0.4 is 0 Å². The van der Waals surface area contributed by atoms with Crippen molar-refractivity contribution < 1.29 is 52.7 Å². The molecule has 0 atom stereocenters. The third kappa shape index (κ3) is 4.41. The fourth-order valence-electron chi connectivity index (χ4n) is 2.62. The highest BCUT2D eigenvalue weighted by atomic mass is 35.5. The molecule has 0 aliphatic carbocycles. The van der Waals surface area contributed by atoms with Gasteiger partial charge in [-0.25, -0.2) is 0 Å². The highest BCUT2D eigenvalue weighted by Gasteiger charge is 2.89. The largest absolute Gasteiger partial charge is 0.393 e. The molecule has 0 aliphatic heterocycles. The zero-order valence-corrected chi connectivity index (χ0v) is 16.5. The number of benzene rings is 2. The quantitative estimate of drug-likeness (QED) is 0.246. The average Bonchev–Trinajstić information content (AvgIpc) is 2.72. The molecule has 0 unspecified atom stereocenters. The average molecular weight is 515 g/mol. The molecule has 0 aromatic heterocycles. The Bertz CT molecular complexity index is 938.